The fourth-order valence-electron chi connectivity index (χ4n) is 3.20. The molecule has 2 aromatic rings. The largest absolute Gasteiger partial charge is 0.353 e. The first kappa shape index (κ1) is 18.5. The molecule has 0 bridgehead atoms. The number of hydrogen-bond donors (Lipinski definition) is 1. The van der Waals surface area contributed by atoms with Gasteiger partial charge in [-0.05, 0) is 25.3 Å². The lowest BCUT2D eigenvalue weighted by molar-refractivity contribution is -0.119. The van der Waals surface area contributed by atoms with Crippen LogP contribution in [0.15, 0.2) is 16.6 Å². The molecule has 0 atom stereocenters. The van der Waals surface area contributed by atoms with Gasteiger partial charge in [0.2, 0.25) is 5.91 Å². The van der Waals surface area contributed by atoms with Crippen molar-refractivity contribution in [1.29, 1.82) is 0 Å². The van der Waals surface area contributed by atoms with E-state index >= 15 is 0 Å². The van der Waals surface area contributed by atoms with Crippen LogP contribution in [0.5, 0.6) is 0 Å². The second-order valence-electron chi connectivity index (χ2n) is 6.57. The number of thioether (sulfide) groups is 1. The van der Waals surface area contributed by atoms with Crippen LogP contribution in [0.2, 0.25) is 0 Å². The smallest absolute Gasteiger partial charge is 0.230 e. The molecule has 2 aromatic heterocycles. The predicted molar refractivity (Wildman–Crippen MR) is 104 cm³/mol. The van der Waals surface area contributed by atoms with Crippen LogP contribution in [0, 0.1) is 0 Å². The molecule has 1 aliphatic rings. The molecule has 0 radical (unpaired) electrons. The highest BCUT2D eigenvalue weighted by atomic mass is 32.2. The molecular formula is C18H26N4OS2. The minimum absolute atomic E-state index is 0.102. The third-order valence-electron chi connectivity index (χ3n) is 4.65. The molecule has 1 N–H and O–H groups in total. The lowest BCUT2D eigenvalue weighted by atomic mass is 10.1. The standard InChI is InChI=1S/C18H26N4OS2/c1-3-15-10-13(11-24-15)17-20-21-18(22(17)2)25-12-16(23)19-14-8-6-4-5-7-9-14/h10-11,14H,3-9,12H2,1-2H3,(H,19,23). The highest BCUT2D eigenvalue weighted by molar-refractivity contribution is 7.99. The molecule has 25 heavy (non-hydrogen) atoms. The first-order chi connectivity index (χ1) is 12.2. The Balaban J connectivity index is 1.55. The summed E-state index contributed by atoms with van der Waals surface area (Å²) in [7, 11) is 1.96. The van der Waals surface area contributed by atoms with Gasteiger partial charge in [-0.1, -0.05) is 44.4 Å². The van der Waals surface area contributed by atoms with Gasteiger partial charge in [0.05, 0.1) is 5.75 Å². The third kappa shape index (κ3) is 4.85. The van der Waals surface area contributed by atoms with Crippen molar-refractivity contribution in [3.05, 3.63) is 16.3 Å². The maximum absolute atomic E-state index is 12.2. The fourth-order valence-corrected chi connectivity index (χ4v) is 4.73. The number of carbonyl (C=O) groups is 1. The van der Waals surface area contributed by atoms with E-state index in [4.69, 9.17) is 0 Å². The lowest BCUT2D eigenvalue weighted by Crippen LogP contribution is -2.35. The van der Waals surface area contributed by atoms with E-state index in [1.807, 2.05) is 11.6 Å². The number of nitrogens with one attached hydrogen (secondary N) is 1. The minimum Gasteiger partial charge on any atom is -0.353 e. The Morgan fingerprint density at radius 3 is 2.76 bits per heavy atom. The van der Waals surface area contributed by atoms with Crippen LogP contribution in [0.25, 0.3) is 11.4 Å². The van der Waals surface area contributed by atoms with Crippen LogP contribution in [-0.2, 0) is 18.3 Å². The first-order valence-electron chi connectivity index (χ1n) is 9.06. The minimum atomic E-state index is 0.102. The van der Waals surface area contributed by atoms with Crippen molar-refractivity contribution in [2.75, 3.05) is 5.75 Å². The zero-order valence-electron chi connectivity index (χ0n) is 15.0. The van der Waals surface area contributed by atoms with Gasteiger partial charge in [-0.15, -0.1) is 21.5 Å². The molecule has 7 heteroatoms. The zero-order chi connectivity index (χ0) is 17.6. The van der Waals surface area contributed by atoms with Crippen molar-refractivity contribution < 1.29 is 4.79 Å². The van der Waals surface area contributed by atoms with E-state index in [1.165, 1.54) is 42.3 Å². The summed E-state index contributed by atoms with van der Waals surface area (Å²) >= 11 is 3.21. The second-order valence-corrected chi connectivity index (χ2v) is 8.50. The fraction of sp³-hybridized carbons (Fsp3) is 0.611. The Labute approximate surface area is 157 Å². The van der Waals surface area contributed by atoms with Crippen molar-refractivity contribution in [2.45, 2.75) is 63.1 Å². The van der Waals surface area contributed by atoms with Crippen molar-refractivity contribution in [1.82, 2.24) is 20.1 Å². The van der Waals surface area contributed by atoms with Gasteiger partial charge in [-0.25, -0.2) is 0 Å². The quantitative estimate of drug-likeness (QED) is 0.609. The Morgan fingerprint density at radius 1 is 1.32 bits per heavy atom. The molecular weight excluding hydrogens is 352 g/mol. The molecule has 0 aliphatic heterocycles. The molecule has 3 rings (SSSR count). The molecule has 136 valence electrons. The van der Waals surface area contributed by atoms with E-state index in [9.17, 15) is 4.79 Å². The van der Waals surface area contributed by atoms with Gasteiger partial charge in [-0.3, -0.25) is 4.79 Å². The number of aromatic nitrogens is 3. The van der Waals surface area contributed by atoms with E-state index in [1.54, 1.807) is 11.3 Å². The van der Waals surface area contributed by atoms with Crippen LogP contribution in [0.3, 0.4) is 0 Å². The van der Waals surface area contributed by atoms with Crippen molar-refractivity contribution in [2.24, 2.45) is 7.05 Å². The van der Waals surface area contributed by atoms with Crippen molar-refractivity contribution in [3.63, 3.8) is 0 Å². The molecule has 2 heterocycles. The summed E-state index contributed by atoms with van der Waals surface area (Å²) in [5.41, 5.74) is 1.10. The SMILES string of the molecule is CCc1cc(-c2nnc(SCC(=O)NC3CCCCCC3)n2C)cs1. The second kappa shape index (κ2) is 8.85. The van der Waals surface area contributed by atoms with Crippen LogP contribution < -0.4 is 5.32 Å². The molecule has 0 unspecified atom stereocenters. The molecule has 1 amide bonds. The summed E-state index contributed by atoms with van der Waals surface area (Å²) in [6.45, 7) is 2.15. The van der Waals surface area contributed by atoms with Crippen molar-refractivity contribution in [3.8, 4) is 11.4 Å². The summed E-state index contributed by atoms with van der Waals surface area (Å²) in [6, 6.07) is 2.52. The summed E-state index contributed by atoms with van der Waals surface area (Å²) in [5, 5.41) is 14.7. The Kier molecular flexibility index (Phi) is 6.53. The Morgan fingerprint density at radius 2 is 2.08 bits per heavy atom. The summed E-state index contributed by atoms with van der Waals surface area (Å²) < 4.78 is 1.98. The number of rotatable bonds is 6. The van der Waals surface area contributed by atoms with E-state index in [0.717, 1.165) is 35.8 Å². The average Bonchev–Trinajstić information content (AvgIpc) is 3.13. The number of thiophene rings is 1. The predicted octanol–water partition coefficient (Wildman–Crippen LogP) is 4.04. The zero-order valence-corrected chi connectivity index (χ0v) is 16.6. The van der Waals surface area contributed by atoms with Crippen molar-refractivity contribution >= 4 is 29.0 Å². The molecule has 5 nitrogen and oxygen atoms in total. The monoisotopic (exact) mass is 378 g/mol. The number of nitrogens with zero attached hydrogens (tertiary/aromatic N) is 3. The summed E-state index contributed by atoms with van der Waals surface area (Å²) in [4.78, 5) is 13.6. The van der Waals surface area contributed by atoms with Gasteiger partial charge in [0.1, 0.15) is 0 Å². The molecule has 1 aliphatic carbocycles. The van der Waals surface area contributed by atoms with Crippen LogP contribution >= 0.6 is 23.1 Å². The van der Waals surface area contributed by atoms with Gasteiger partial charge in [0.15, 0.2) is 11.0 Å². The van der Waals surface area contributed by atoms with Gasteiger partial charge in [0, 0.05) is 28.9 Å². The normalized spacial score (nSPS) is 15.9. The molecule has 1 fully saturated rings. The maximum Gasteiger partial charge on any atom is 0.230 e. The van der Waals surface area contributed by atoms with Gasteiger partial charge < -0.3 is 9.88 Å². The molecule has 0 spiro atoms. The molecule has 1 saturated carbocycles. The van der Waals surface area contributed by atoms with Crippen LogP contribution in [-0.4, -0.2) is 32.5 Å². The van der Waals surface area contributed by atoms with E-state index < -0.39 is 0 Å². The molecule has 0 aromatic carbocycles. The Bertz CT molecular complexity index is 702. The number of aryl methyl sites for hydroxylation is 1. The van der Waals surface area contributed by atoms with Gasteiger partial charge in [0.25, 0.3) is 0 Å². The lowest BCUT2D eigenvalue weighted by Gasteiger charge is -2.15. The number of hydrogen-bond acceptors (Lipinski definition) is 5. The number of carbonyl (C=O) groups excluding carboxylic acids is 1. The highest BCUT2D eigenvalue weighted by Gasteiger charge is 2.17. The van der Waals surface area contributed by atoms with E-state index in [0.29, 0.717) is 11.8 Å². The summed E-state index contributed by atoms with van der Waals surface area (Å²) in [6.07, 6.45) is 8.31. The number of amides is 1. The Hall–Kier alpha value is -1.34. The highest BCUT2D eigenvalue weighted by Crippen LogP contribution is 2.27. The third-order valence-corrected chi connectivity index (χ3v) is 6.75. The summed E-state index contributed by atoms with van der Waals surface area (Å²) in [5.74, 6) is 1.36. The van der Waals surface area contributed by atoms with E-state index in [-0.39, 0.29) is 5.91 Å². The maximum atomic E-state index is 12.2. The van der Waals surface area contributed by atoms with Gasteiger partial charge in [-0.2, -0.15) is 0 Å². The first-order valence-corrected chi connectivity index (χ1v) is 10.9. The van der Waals surface area contributed by atoms with Crippen LogP contribution in [0.1, 0.15) is 50.3 Å². The van der Waals surface area contributed by atoms with Gasteiger partial charge >= 0.3 is 0 Å². The average molecular weight is 379 g/mol. The molecule has 0 saturated heterocycles. The topological polar surface area (TPSA) is 59.8 Å². The van der Waals surface area contributed by atoms with E-state index in [2.05, 4.69) is 33.9 Å². The van der Waals surface area contributed by atoms with Crippen LogP contribution in [0.4, 0.5) is 0 Å².